The summed E-state index contributed by atoms with van der Waals surface area (Å²) in [7, 11) is 0. The van der Waals surface area contributed by atoms with Crippen molar-refractivity contribution in [1.29, 1.82) is 0 Å². The monoisotopic (exact) mass is 311 g/mol. The molecular weight excluding hydrogens is 298 g/mol. The first-order valence-electron chi connectivity index (χ1n) is 7.10. The highest BCUT2D eigenvalue weighted by molar-refractivity contribution is 7.16. The van der Waals surface area contributed by atoms with Gasteiger partial charge in [0.25, 0.3) is 0 Å². The van der Waals surface area contributed by atoms with E-state index < -0.39 is 0 Å². The lowest BCUT2D eigenvalue weighted by molar-refractivity contribution is -0.116. The van der Waals surface area contributed by atoms with Gasteiger partial charge in [-0.1, -0.05) is 6.07 Å². The number of carbonyl (C=O) groups is 2. The Labute approximate surface area is 131 Å². The summed E-state index contributed by atoms with van der Waals surface area (Å²) in [5.41, 5.74) is 3.50. The molecule has 0 atom stereocenters. The van der Waals surface area contributed by atoms with E-state index in [2.05, 4.69) is 5.32 Å². The molecule has 0 radical (unpaired) electrons. The maximum atomic E-state index is 11.6. The van der Waals surface area contributed by atoms with Gasteiger partial charge in [-0.05, 0) is 42.3 Å². The van der Waals surface area contributed by atoms with E-state index in [9.17, 15) is 9.59 Å². The Morgan fingerprint density at radius 1 is 1.18 bits per heavy atom. The zero-order chi connectivity index (χ0) is 15.1. The molecule has 0 spiro atoms. The maximum Gasteiger partial charge on any atom is 0.338 e. The van der Waals surface area contributed by atoms with Crippen LogP contribution < -0.4 is 5.32 Å². The Balaban J connectivity index is 1.65. The van der Waals surface area contributed by atoms with Gasteiger partial charge in [-0.25, -0.2) is 4.79 Å². The molecule has 5 heteroatoms. The van der Waals surface area contributed by atoms with Crippen LogP contribution in [0.2, 0.25) is 0 Å². The summed E-state index contributed by atoms with van der Waals surface area (Å²) in [6.07, 6.45) is 2.74. The van der Waals surface area contributed by atoms with Crippen LogP contribution in [0.4, 0.5) is 0 Å². The second-order valence-electron chi connectivity index (χ2n) is 5.33. The minimum Gasteiger partial charge on any atom is -0.457 e. The first kappa shape index (κ1) is 13.3. The molecule has 1 aromatic carbocycles. The van der Waals surface area contributed by atoms with Gasteiger partial charge in [0.15, 0.2) is 0 Å². The Kier molecular flexibility index (Phi) is 3.08. The predicted octanol–water partition coefficient (Wildman–Crippen LogP) is 2.99. The van der Waals surface area contributed by atoms with Gasteiger partial charge in [-0.15, -0.1) is 11.3 Å². The van der Waals surface area contributed by atoms with Crippen molar-refractivity contribution >= 4 is 29.3 Å². The summed E-state index contributed by atoms with van der Waals surface area (Å²) >= 11 is 1.64. The van der Waals surface area contributed by atoms with Gasteiger partial charge in [0, 0.05) is 27.4 Å². The number of ether oxygens (including phenoxy) is 1. The van der Waals surface area contributed by atoms with Crippen molar-refractivity contribution in [3.05, 3.63) is 51.9 Å². The van der Waals surface area contributed by atoms with Gasteiger partial charge < -0.3 is 10.1 Å². The number of nitrogens with one attached hydrogen (secondary N) is 1. The minimum atomic E-state index is -0.245. The number of hydrogen-bond acceptors (Lipinski definition) is 4. The van der Waals surface area contributed by atoms with Gasteiger partial charge in [0.1, 0.15) is 6.61 Å². The van der Waals surface area contributed by atoms with Crippen LogP contribution in [0.3, 0.4) is 0 Å². The van der Waals surface area contributed by atoms with E-state index in [-0.39, 0.29) is 11.9 Å². The molecule has 2 aliphatic rings. The lowest BCUT2D eigenvalue weighted by Gasteiger charge is -1.99. The molecule has 1 saturated heterocycles. The molecule has 1 aromatic heterocycles. The first-order chi connectivity index (χ1) is 10.7. The van der Waals surface area contributed by atoms with E-state index in [1.807, 2.05) is 36.4 Å². The van der Waals surface area contributed by atoms with Gasteiger partial charge in [-0.2, -0.15) is 0 Å². The SMILES string of the molecule is O=C1NCC/C1=C\c1ccc(-c2ccc3c(c2)COC3=O)s1. The van der Waals surface area contributed by atoms with Crippen molar-refractivity contribution in [2.24, 2.45) is 0 Å². The Hall–Kier alpha value is -2.40. The molecule has 0 aliphatic carbocycles. The third kappa shape index (κ3) is 2.23. The molecule has 4 rings (SSSR count). The number of esters is 1. The van der Waals surface area contributed by atoms with E-state index in [0.29, 0.717) is 12.2 Å². The number of cyclic esters (lactones) is 1. The zero-order valence-corrected chi connectivity index (χ0v) is 12.5. The minimum absolute atomic E-state index is 0.0307. The Morgan fingerprint density at radius 3 is 2.91 bits per heavy atom. The molecule has 0 bridgehead atoms. The molecular formula is C17H13NO3S. The first-order valence-corrected chi connectivity index (χ1v) is 7.91. The van der Waals surface area contributed by atoms with E-state index in [1.165, 1.54) is 0 Å². The summed E-state index contributed by atoms with van der Waals surface area (Å²) in [5, 5.41) is 2.81. The lowest BCUT2D eigenvalue weighted by atomic mass is 10.1. The molecule has 4 nitrogen and oxygen atoms in total. The molecule has 1 N–H and O–H groups in total. The number of benzene rings is 1. The summed E-state index contributed by atoms with van der Waals surface area (Å²) < 4.78 is 5.03. The number of thiophene rings is 1. The van der Waals surface area contributed by atoms with Crippen LogP contribution in [-0.2, 0) is 16.1 Å². The zero-order valence-electron chi connectivity index (χ0n) is 11.7. The average molecular weight is 311 g/mol. The number of hydrogen-bond donors (Lipinski definition) is 1. The van der Waals surface area contributed by atoms with E-state index in [1.54, 1.807) is 11.3 Å². The highest BCUT2D eigenvalue weighted by Gasteiger charge is 2.21. The maximum absolute atomic E-state index is 11.6. The molecule has 110 valence electrons. The average Bonchev–Trinajstić information content (AvgIpc) is 3.22. The standard InChI is InChI=1S/C17H13NO3S/c19-16-11(5-6-18-16)8-13-2-4-15(22-13)10-1-3-14-12(7-10)9-21-17(14)20/h1-4,7-8H,5-6,9H2,(H,18,19)/b11-8+. The van der Waals surface area contributed by atoms with Crippen molar-refractivity contribution in [3.63, 3.8) is 0 Å². The highest BCUT2D eigenvalue weighted by Crippen LogP contribution is 2.32. The quantitative estimate of drug-likeness (QED) is 0.685. The van der Waals surface area contributed by atoms with Crippen molar-refractivity contribution in [2.75, 3.05) is 6.54 Å². The fourth-order valence-electron chi connectivity index (χ4n) is 2.72. The third-order valence-corrected chi connectivity index (χ3v) is 4.96. The second-order valence-corrected chi connectivity index (χ2v) is 6.44. The van der Waals surface area contributed by atoms with Crippen LogP contribution in [0.15, 0.2) is 35.9 Å². The highest BCUT2D eigenvalue weighted by atomic mass is 32.1. The van der Waals surface area contributed by atoms with Crippen molar-refractivity contribution < 1.29 is 14.3 Å². The van der Waals surface area contributed by atoms with E-state index in [0.717, 1.165) is 39.4 Å². The molecule has 2 aromatic rings. The molecule has 3 heterocycles. The van der Waals surface area contributed by atoms with Crippen molar-refractivity contribution in [2.45, 2.75) is 13.0 Å². The summed E-state index contributed by atoms with van der Waals surface area (Å²) in [5.74, 6) is -0.214. The van der Waals surface area contributed by atoms with Crippen LogP contribution in [0, 0.1) is 0 Å². The molecule has 0 unspecified atom stereocenters. The number of amides is 1. The molecule has 1 fully saturated rings. The molecule has 2 aliphatic heterocycles. The van der Waals surface area contributed by atoms with Crippen LogP contribution in [-0.4, -0.2) is 18.4 Å². The lowest BCUT2D eigenvalue weighted by Crippen LogP contribution is -2.13. The largest absolute Gasteiger partial charge is 0.457 e. The number of fused-ring (bicyclic) bond motifs is 1. The fraction of sp³-hybridized carbons (Fsp3) is 0.176. The molecule has 1 amide bonds. The number of rotatable bonds is 2. The van der Waals surface area contributed by atoms with Crippen LogP contribution in [0.25, 0.3) is 16.5 Å². The van der Waals surface area contributed by atoms with Crippen LogP contribution in [0.5, 0.6) is 0 Å². The molecule has 22 heavy (non-hydrogen) atoms. The third-order valence-electron chi connectivity index (χ3n) is 3.88. The topological polar surface area (TPSA) is 55.4 Å². The summed E-state index contributed by atoms with van der Waals surface area (Å²) in [4.78, 5) is 25.3. The smallest absolute Gasteiger partial charge is 0.338 e. The van der Waals surface area contributed by atoms with Crippen molar-refractivity contribution in [1.82, 2.24) is 5.32 Å². The van der Waals surface area contributed by atoms with Crippen LogP contribution in [0.1, 0.15) is 27.2 Å². The van der Waals surface area contributed by atoms with E-state index in [4.69, 9.17) is 4.74 Å². The second kappa shape index (κ2) is 5.10. The van der Waals surface area contributed by atoms with Gasteiger partial charge in [0.2, 0.25) is 5.91 Å². The van der Waals surface area contributed by atoms with Gasteiger partial charge >= 0.3 is 5.97 Å². The Bertz CT molecular complexity index is 819. The normalized spacial score (nSPS) is 18.5. The summed E-state index contributed by atoms with van der Waals surface area (Å²) in [6.45, 7) is 1.08. The van der Waals surface area contributed by atoms with Gasteiger partial charge in [-0.3, -0.25) is 4.79 Å². The van der Waals surface area contributed by atoms with Gasteiger partial charge in [0.05, 0.1) is 5.56 Å². The fourth-order valence-corrected chi connectivity index (χ4v) is 3.69. The van der Waals surface area contributed by atoms with Crippen LogP contribution >= 0.6 is 11.3 Å². The summed E-state index contributed by atoms with van der Waals surface area (Å²) in [6, 6.07) is 9.83. The van der Waals surface area contributed by atoms with Crippen molar-refractivity contribution in [3.8, 4) is 10.4 Å². The predicted molar refractivity (Wildman–Crippen MR) is 84.5 cm³/mol. The van der Waals surface area contributed by atoms with E-state index >= 15 is 0 Å². The Morgan fingerprint density at radius 2 is 2.09 bits per heavy atom. The number of carbonyl (C=O) groups excluding carboxylic acids is 2. The molecule has 0 saturated carbocycles.